The molecule has 0 aliphatic rings. The second-order valence-corrected chi connectivity index (χ2v) is 2.16. The second kappa shape index (κ2) is 6.09. The van der Waals surface area contributed by atoms with Crippen LogP contribution in [0.5, 0.6) is 0 Å². The fourth-order valence-electron chi connectivity index (χ4n) is 0.563. The summed E-state index contributed by atoms with van der Waals surface area (Å²) in [6.07, 6.45) is -0.557. The number of nitrogens with one attached hydrogen (secondary N) is 2. The smallest absolute Gasteiger partial charge is 0.317 e. The van der Waals surface area contributed by atoms with Crippen LogP contribution in [-0.2, 0) is 14.4 Å². The normalized spacial score (nSPS) is 9.92. The number of aliphatic carboxylic acids is 2. The van der Waals surface area contributed by atoms with Gasteiger partial charge in [-0.2, -0.15) is 0 Å². The van der Waals surface area contributed by atoms with Crippen LogP contribution < -0.4 is 10.6 Å². The summed E-state index contributed by atoms with van der Waals surface area (Å²) in [4.78, 5) is 30.3. The number of carboxylic acid groups (broad SMARTS) is 2. The predicted molar refractivity (Wildman–Crippen MR) is 41.1 cm³/mol. The van der Waals surface area contributed by atoms with Crippen molar-refractivity contribution in [3.05, 3.63) is 0 Å². The van der Waals surface area contributed by atoms with Crippen LogP contribution in [0, 0.1) is 0 Å². The second-order valence-electron chi connectivity index (χ2n) is 2.16. The number of hydrogen-bond donors (Lipinski definition) is 4. The van der Waals surface area contributed by atoms with E-state index in [0.717, 1.165) is 0 Å². The zero-order valence-electron chi connectivity index (χ0n) is 6.69. The summed E-state index contributed by atoms with van der Waals surface area (Å²) >= 11 is 0. The van der Waals surface area contributed by atoms with Crippen molar-refractivity contribution < 1.29 is 24.6 Å². The first-order valence-corrected chi connectivity index (χ1v) is 3.42. The summed E-state index contributed by atoms with van der Waals surface area (Å²) in [6.45, 7) is -0.813. The molecule has 4 N–H and O–H groups in total. The van der Waals surface area contributed by atoms with E-state index in [-0.39, 0.29) is 0 Å². The molecule has 7 heteroatoms. The Labute approximate surface area is 73.7 Å². The molecule has 0 radical (unpaired) electrons. The van der Waals surface area contributed by atoms with Crippen molar-refractivity contribution in [1.82, 2.24) is 10.6 Å². The third-order valence-corrected chi connectivity index (χ3v) is 1.08. The van der Waals surface area contributed by atoms with E-state index in [2.05, 4.69) is 10.6 Å². The first-order valence-electron chi connectivity index (χ1n) is 3.42. The number of rotatable bonds is 7. The van der Waals surface area contributed by atoms with Crippen LogP contribution in [0.15, 0.2) is 0 Å². The van der Waals surface area contributed by atoms with Gasteiger partial charge in [-0.15, -0.1) is 0 Å². The fourth-order valence-corrected chi connectivity index (χ4v) is 0.563. The lowest BCUT2D eigenvalue weighted by Gasteiger charge is -2.10. The molecule has 0 saturated heterocycles. The monoisotopic (exact) mass is 190 g/mol. The minimum atomic E-state index is -1.12. The third kappa shape index (κ3) is 6.91. The summed E-state index contributed by atoms with van der Waals surface area (Å²) in [6, 6.07) is 0. The Balaban J connectivity index is 3.69. The molecule has 0 rings (SSSR count). The van der Waals surface area contributed by atoms with Gasteiger partial charge in [0.2, 0.25) is 0 Å². The number of carboxylic acids is 2. The minimum absolute atomic E-state index is 0.395. The Hall–Kier alpha value is -1.47. The molecule has 0 bridgehead atoms. The van der Waals surface area contributed by atoms with Gasteiger partial charge in [0.05, 0.1) is 13.1 Å². The van der Waals surface area contributed by atoms with Crippen LogP contribution in [0.3, 0.4) is 0 Å². The van der Waals surface area contributed by atoms with Crippen molar-refractivity contribution in [2.24, 2.45) is 0 Å². The van der Waals surface area contributed by atoms with Crippen molar-refractivity contribution in [3.63, 3.8) is 0 Å². The summed E-state index contributed by atoms with van der Waals surface area (Å²) in [7, 11) is 0. The average Bonchev–Trinajstić information content (AvgIpc) is 2.04. The lowest BCUT2D eigenvalue weighted by molar-refractivity contribution is -0.136. The number of carbonyl (C=O) groups is 3. The number of carbonyl (C=O) groups excluding carboxylic acids is 1. The Morgan fingerprint density at radius 3 is 1.77 bits per heavy atom. The van der Waals surface area contributed by atoms with E-state index < -0.39 is 31.2 Å². The molecule has 0 spiro atoms. The minimum Gasteiger partial charge on any atom is -0.480 e. The summed E-state index contributed by atoms with van der Waals surface area (Å²) in [5, 5.41) is 21.0. The third-order valence-electron chi connectivity index (χ3n) is 1.08. The highest BCUT2D eigenvalue weighted by molar-refractivity contribution is 5.71. The van der Waals surface area contributed by atoms with E-state index in [0.29, 0.717) is 6.29 Å². The van der Waals surface area contributed by atoms with Crippen molar-refractivity contribution >= 4 is 18.2 Å². The number of aldehydes is 1. The van der Waals surface area contributed by atoms with Crippen LogP contribution in [0.2, 0.25) is 0 Å². The summed E-state index contributed by atoms with van der Waals surface area (Å²) in [5.41, 5.74) is 0. The molecule has 0 amide bonds. The first kappa shape index (κ1) is 11.5. The first-order chi connectivity index (χ1) is 6.06. The van der Waals surface area contributed by atoms with E-state index in [1.54, 1.807) is 0 Å². The van der Waals surface area contributed by atoms with E-state index in [9.17, 15) is 14.4 Å². The van der Waals surface area contributed by atoms with Crippen LogP contribution in [0.1, 0.15) is 0 Å². The molecule has 7 nitrogen and oxygen atoms in total. The molecule has 0 aromatic heterocycles. The zero-order chi connectivity index (χ0) is 10.3. The van der Waals surface area contributed by atoms with Gasteiger partial charge >= 0.3 is 11.9 Å². The molecular formula is C6H10N2O5. The molecule has 0 unspecified atom stereocenters. The quantitative estimate of drug-likeness (QED) is 0.267. The SMILES string of the molecule is O=CC(NCC(=O)O)NCC(=O)O. The highest BCUT2D eigenvalue weighted by Crippen LogP contribution is 1.72. The van der Waals surface area contributed by atoms with Gasteiger partial charge in [-0.1, -0.05) is 0 Å². The maximum atomic E-state index is 10.2. The van der Waals surface area contributed by atoms with E-state index in [4.69, 9.17) is 10.2 Å². The highest BCUT2D eigenvalue weighted by atomic mass is 16.4. The topological polar surface area (TPSA) is 116 Å². The average molecular weight is 190 g/mol. The van der Waals surface area contributed by atoms with Gasteiger partial charge < -0.3 is 15.0 Å². The Morgan fingerprint density at radius 1 is 1.15 bits per heavy atom. The standard InChI is InChI=1S/C6H10N2O5/c9-3-4(7-1-5(10)11)8-2-6(12)13/h3-4,7-8H,1-2H2,(H,10,11)(H,12,13). The largest absolute Gasteiger partial charge is 0.480 e. The predicted octanol–water partition coefficient (Wildman–Crippen LogP) is -2.14. The molecule has 0 atom stereocenters. The van der Waals surface area contributed by atoms with E-state index in [1.807, 2.05) is 0 Å². The maximum Gasteiger partial charge on any atom is 0.317 e. The molecule has 0 aliphatic carbocycles. The van der Waals surface area contributed by atoms with Crippen molar-refractivity contribution in [2.45, 2.75) is 6.17 Å². The molecule has 0 heterocycles. The van der Waals surface area contributed by atoms with Gasteiger partial charge in [-0.05, 0) is 0 Å². The maximum absolute atomic E-state index is 10.2. The Morgan fingerprint density at radius 2 is 1.54 bits per heavy atom. The van der Waals surface area contributed by atoms with Crippen molar-refractivity contribution in [1.29, 1.82) is 0 Å². The molecule has 0 aliphatic heterocycles. The summed E-state index contributed by atoms with van der Waals surface area (Å²) < 4.78 is 0. The molecule has 0 aromatic rings. The van der Waals surface area contributed by atoms with Crippen LogP contribution in [0.25, 0.3) is 0 Å². The van der Waals surface area contributed by atoms with Gasteiger partial charge in [-0.25, -0.2) is 0 Å². The molecule has 0 saturated carbocycles. The Bertz CT molecular complexity index is 187. The van der Waals surface area contributed by atoms with Gasteiger partial charge in [0, 0.05) is 0 Å². The highest BCUT2D eigenvalue weighted by Gasteiger charge is 2.08. The van der Waals surface area contributed by atoms with E-state index >= 15 is 0 Å². The summed E-state index contributed by atoms with van der Waals surface area (Å²) in [5.74, 6) is -2.24. The molecule has 0 aromatic carbocycles. The van der Waals surface area contributed by atoms with Gasteiger partial charge in [-0.3, -0.25) is 20.2 Å². The van der Waals surface area contributed by atoms with Crippen molar-refractivity contribution in [3.8, 4) is 0 Å². The van der Waals surface area contributed by atoms with Gasteiger partial charge in [0.15, 0.2) is 6.29 Å². The lowest BCUT2D eigenvalue weighted by Crippen LogP contribution is -2.47. The molecular weight excluding hydrogens is 180 g/mol. The van der Waals surface area contributed by atoms with Crippen molar-refractivity contribution in [2.75, 3.05) is 13.1 Å². The van der Waals surface area contributed by atoms with Gasteiger partial charge in [0.25, 0.3) is 0 Å². The molecule has 0 fully saturated rings. The molecule has 74 valence electrons. The van der Waals surface area contributed by atoms with Crippen LogP contribution >= 0.6 is 0 Å². The molecule has 13 heavy (non-hydrogen) atoms. The van der Waals surface area contributed by atoms with E-state index in [1.165, 1.54) is 0 Å². The fraction of sp³-hybridized carbons (Fsp3) is 0.500. The number of hydrogen-bond acceptors (Lipinski definition) is 5. The zero-order valence-corrected chi connectivity index (χ0v) is 6.69. The van der Waals surface area contributed by atoms with Crippen LogP contribution in [0.4, 0.5) is 0 Å². The van der Waals surface area contributed by atoms with Gasteiger partial charge in [0.1, 0.15) is 6.17 Å². The Kier molecular flexibility index (Phi) is 5.40. The lowest BCUT2D eigenvalue weighted by atomic mass is 10.5. The van der Waals surface area contributed by atoms with Crippen LogP contribution in [-0.4, -0.2) is 47.7 Å².